The number of hydrogen-bond acceptors (Lipinski definition) is 2. The number of carbonyl (C=O) groups is 1. The van der Waals surface area contributed by atoms with Gasteiger partial charge >= 0.3 is 0 Å². The summed E-state index contributed by atoms with van der Waals surface area (Å²) in [7, 11) is 0. The minimum Gasteiger partial charge on any atom is -0.317 e. The van der Waals surface area contributed by atoms with Gasteiger partial charge in [0.2, 0.25) is 0 Å². The molecule has 72 valence electrons. The highest BCUT2D eigenvalue weighted by Crippen LogP contribution is 1.91. The maximum absolute atomic E-state index is 10.0. The van der Waals surface area contributed by atoms with Gasteiger partial charge in [-0.3, -0.25) is 4.79 Å². The van der Waals surface area contributed by atoms with Gasteiger partial charge in [0.25, 0.3) is 0 Å². The summed E-state index contributed by atoms with van der Waals surface area (Å²) in [6.45, 7) is 6.39. The van der Waals surface area contributed by atoms with Crippen molar-refractivity contribution in [3.8, 4) is 0 Å². The highest BCUT2D eigenvalue weighted by atomic mass is 16.1. The van der Waals surface area contributed by atoms with Crippen molar-refractivity contribution >= 4 is 6.29 Å². The SMILES string of the molecule is CCNCC.O=Cc1ccccc1. The molecule has 0 atom stereocenters. The zero-order valence-electron chi connectivity index (χ0n) is 8.29. The van der Waals surface area contributed by atoms with Gasteiger partial charge in [0.05, 0.1) is 0 Å². The van der Waals surface area contributed by atoms with Crippen molar-refractivity contribution in [1.29, 1.82) is 0 Å². The molecular weight excluding hydrogens is 162 g/mol. The van der Waals surface area contributed by atoms with Crippen molar-refractivity contribution in [3.63, 3.8) is 0 Å². The van der Waals surface area contributed by atoms with Crippen LogP contribution in [-0.4, -0.2) is 19.4 Å². The van der Waals surface area contributed by atoms with Crippen LogP contribution in [0.2, 0.25) is 0 Å². The van der Waals surface area contributed by atoms with Crippen LogP contribution in [0.3, 0.4) is 0 Å². The second kappa shape index (κ2) is 8.94. The number of aldehydes is 1. The van der Waals surface area contributed by atoms with Crippen molar-refractivity contribution in [3.05, 3.63) is 35.9 Å². The maximum Gasteiger partial charge on any atom is 0.150 e. The van der Waals surface area contributed by atoms with Gasteiger partial charge in [-0.1, -0.05) is 44.2 Å². The van der Waals surface area contributed by atoms with Crippen molar-refractivity contribution in [2.75, 3.05) is 13.1 Å². The minimum absolute atomic E-state index is 0.729. The Labute approximate surface area is 80.0 Å². The molecule has 0 aliphatic heterocycles. The summed E-state index contributed by atoms with van der Waals surface area (Å²) in [6.07, 6.45) is 0.833. The molecule has 2 heteroatoms. The minimum atomic E-state index is 0.729. The molecule has 0 aliphatic carbocycles. The first-order valence-electron chi connectivity index (χ1n) is 4.56. The fourth-order valence-corrected chi connectivity index (χ4v) is 0.782. The average Bonchev–Trinajstić information content (AvgIpc) is 2.21. The van der Waals surface area contributed by atoms with E-state index >= 15 is 0 Å². The van der Waals surface area contributed by atoms with E-state index in [4.69, 9.17) is 0 Å². The van der Waals surface area contributed by atoms with Crippen molar-refractivity contribution in [2.45, 2.75) is 13.8 Å². The lowest BCUT2D eigenvalue weighted by atomic mass is 10.2. The number of hydrogen-bond donors (Lipinski definition) is 1. The van der Waals surface area contributed by atoms with Crippen LogP contribution in [0.4, 0.5) is 0 Å². The van der Waals surface area contributed by atoms with E-state index in [1.54, 1.807) is 12.1 Å². The third-order valence-corrected chi connectivity index (χ3v) is 1.44. The predicted octanol–water partition coefficient (Wildman–Crippen LogP) is 2.11. The van der Waals surface area contributed by atoms with Crippen molar-refractivity contribution < 1.29 is 4.79 Å². The van der Waals surface area contributed by atoms with E-state index in [0.29, 0.717) is 0 Å². The Bertz CT molecular complexity index is 207. The summed E-state index contributed by atoms with van der Waals surface area (Å²) in [5, 5.41) is 3.11. The van der Waals surface area contributed by atoms with E-state index in [1.165, 1.54) is 0 Å². The Hall–Kier alpha value is -1.15. The van der Waals surface area contributed by atoms with Gasteiger partial charge in [-0.15, -0.1) is 0 Å². The van der Waals surface area contributed by atoms with Crippen LogP contribution < -0.4 is 5.32 Å². The summed E-state index contributed by atoms with van der Waals surface area (Å²) >= 11 is 0. The van der Waals surface area contributed by atoms with Crippen LogP contribution in [-0.2, 0) is 0 Å². The Morgan fingerprint density at radius 3 is 1.92 bits per heavy atom. The van der Waals surface area contributed by atoms with E-state index in [1.807, 2.05) is 18.2 Å². The number of benzene rings is 1. The number of carbonyl (C=O) groups excluding carboxylic acids is 1. The number of rotatable bonds is 3. The number of nitrogens with one attached hydrogen (secondary N) is 1. The maximum atomic E-state index is 10.0. The molecular formula is C11H17NO. The molecule has 1 N–H and O–H groups in total. The van der Waals surface area contributed by atoms with Gasteiger partial charge in [-0.25, -0.2) is 0 Å². The molecule has 2 nitrogen and oxygen atoms in total. The summed E-state index contributed by atoms with van der Waals surface area (Å²) in [6, 6.07) is 9.10. The molecule has 1 aromatic carbocycles. The topological polar surface area (TPSA) is 29.1 Å². The van der Waals surface area contributed by atoms with Crippen LogP contribution in [0.5, 0.6) is 0 Å². The van der Waals surface area contributed by atoms with E-state index in [9.17, 15) is 4.79 Å². The first kappa shape index (κ1) is 11.8. The van der Waals surface area contributed by atoms with E-state index in [-0.39, 0.29) is 0 Å². The van der Waals surface area contributed by atoms with E-state index in [2.05, 4.69) is 19.2 Å². The molecule has 0 unspecified atom stereocenters. The highest BCUT2D eigenvalue weighted by molar-refractivity contribution is 5.74. The third kappa shape index (κ3) is 7.22. The molecule has 0 aliphatic rings. The van der Waals surface area contributed by atoms with Crippen molar-refractivity contribution in [2.24, 2.45) is 0 Å². The molecule has 1 aromatic rings. The Kier molecular flexibility index (Phi) is 8.15. The van der Waals surface area contributed by atoms with Crippen LogP contribution in [0, 0.1) is 0 Å². The van der Waals surface area contributed by atoms with Crippen LogP contribution in [0.1, 0.15) is 24.2 Å². The first-order valence-corrected chi connectivity index (χ1v) is 4.56. The molecule has 1 rings (SSSR count). The predicted molar refractivity (Wildman–Crippen MR) is 56.0 cm³/mol. The van der Waals surface area contributed by atoms with Gasteiger partial charge < -0.3 is 5.32 Å². The lowest BCUT2D eigenvalue weighted by Gasteiger charge is -1.86. The average molecular weight is 179 g/mol. The molecule has 0 radical (unpaired) electrons. The fraction of sp³-hybridized carbons (Fsp3) is 0.364. The van der Waals surface area contributed by atoms with Gasteiger partial charge in [-0.05, 0) is 13.1 Å². The van der Waals surface area contributed by atoms with Gasteiger partial charge in [0, 0.05) is 5.56 Å². The zero-order chi connectivity index (χ0) is 9.94. The van der Waals surface area contributed by atoms with Gasteiger partial charge in [0.15, 0.2) is 0 Å². The third-order valence-electron chi connectivity index (χ3n) is 1.44. The Morgan fingerprint density at radius 1 is 1.15 bits per heavy atom. The lowest BCUT2D eigenvalue weighted by Crippen LogP contribution is -2.09. The zero-order valence-corrected chi connectivity index (χ0v) is 8.29. The lowest BCUT2D eigenvalue weighted by molar-refractivity contribution is 0.112. The molecule has 0 aromatic heterocycles. The molecule has 0 amide bonds. The second-order valence-corrected chi connectivity index (χ2v) is 2.49. The Morgan fingerprint density at radius 2 is 1.69 bits per heavy atom. The van der Waals surface area contributed by atoms with Crippen LogP contribution in [0.25, 0.3) is 0 Å². The first-order chi connectivity index (χ1) is 6.35. The second-order valence-electron chi connectivity index (χ2n) is 2.49. The highest BCUT2D eigenvalue weighted by Gasteiger charge is 1.79. The molecule has 0 saturated carbocycles. The molecule has 0 spiro atoms. The summed E-state index contributed by atoms with van der Waals surface area (Å²) in [5.74, 6) is 0. The van der Waals surface area contributed by atoms with Gasteiger partial charge in [-0.2, -0.15) is 0 Å². The fourth-order valence-electron chi connectivity index (χ4n) is 0.782. The normalized spacial score (nSPS) is 8.46. The van der Waals surface area contributed by atoms with Crippen LogP contribution in [0.15, 0.2) is 30.3 Å². The molecule has 0 saturated heterocycles. The molecule has 13 heavy (non-hydrogen) atoms. The van der Waals surface area contributed by atoms with Crippen LogP contribution >= 0.6 is 0 Å². The van der Waals surface area contributed by atoms with E-state index in [0.717, 1.165) is 24.9 Å². The smallest absolute Gasteiger partial charge is 0.150 e. The standard InChI is InChI=1S/C7H6O.C4H11N/c8-6-7-4-2-1-3-5-7;1-3-5-4-2/h1-6H;5H,3-4H2,1-2H3. The summed E-state index contributed by atoms with van der Waals surface area (Å²) < 4.78 is 0. The monoisotopic (exact) mass is 179 g/mol. The molecule has 0 fully saturated rings. The van der Waals surface area contributed by atoms with Gasteiger partial charge in [0.1, 0.15) is 6.29 Å². The Balaban J connectivity index is 0.000000252. The molecule has 0 heterocycles. The summed E-state index contributed by atoms with van der Waals surface area (Å²) in [5.41, 5.74) is 0.729. The quantitative estimate of drug-likeness (QED) is 0.720. The molecule has 0 bridgehead atoms. The summed E-state index contributed by atoms with van der Waals surface area (Å²) in [4.78, 5) is 10.0. The largest absolute Gasteiger partial charge is 0.317 e. The van der Waals surface area contributed by atoms with Crippen molar-refractivity contribution in [1.82, 2.24) is 5.32 Å². The van der Waals surface area contributed by atoms with E-state index < -0.39 is 0 Å².